The van der Waals surface area contributed by atoms with Gasteiger partial charge in [0.15, 0.2) is 5.96 Å². The molecule has 2 N–H and O–H groups in total. The Kier molecular flexibility index (Phi) is 6.48. The summed E-state index contributed by atoms with van der Waals surface area (Å²) in [6.45, 7) is 7.88. The predicted octanol–water partition coefficient (Wildman–Crippen LogP) is 3.61. The molecule has 23 heavy (non-hydrogen) atoms. The van der Waals surface area contributed by atoms with E-state index in [0.29, 0.717) is 12.4 Å². The van der Waals surface area contributed by atoms with Gasteiger partial charge in [-0.1, -0.05) is 46.5 Å². The quantitative estimate of drug-likeness (QED) is 0.477. The van der Waals surface area contributed by atoms with E-state index in [-0.39, 0.29) is 5.41 Å². The summed E-state index contributed by atoms with van der Waals surface area (Å²) in [4.78, 5) is 8.58. The van der Waals surface area contributed by atoms with E-state index in [4.69, 9.17) is 4.42 Å². The van der Waals surface area contributed by atoms with Crippen molar-refractivity contribution in [1.82, 2.24) is 15.6 Å². The molecule has 0 bridgehead atoms. The van der Waals surface area contributed by atoms with Crippen molar-refractivity contribution < 1.29 is 4.42 Å². The van der Waals surface area contributed by atoms with Crippen LogP contribution in [-0.4, -0.2) is 24.5 Å². The van der Waals surface area contributed by atoms with Crippen LogP contribution in [0, 0.1) is 5.92 Å². The van der Waals surface area contributed by atoms with Gasteiger partial charge in [-0.2, -0.15) is 0 Å². The molecule has 0 unspecified atom stereocenters. The molecule has 0 radical (unpaired) electrons. The van der Waals surface area contributed by atoms with Gasteiger partial charge in [0.05, 0.1) is 12.7 Å². The number of nitrogens with zero attached hydrogens (tertiary/aromatic N) is 2. The molecule has 0 amide bonds. The first-order valence-corrected chi connectivity index (χ1v) is 8.88. The standard InChI is InChI=1S/C18H32N4O/c1-18(2,3)15-12-21-16(23-15)13-22-17(19-4)20-11-7-10-14-8-5-6-9-14/h12,14H,5-11,13H2,1-4H3,(H2,19,20,22). The second kappa shape index (κ2) is 8.37. The summed E-state index contributed by atoms with van der Waals surface area (Å²) in [5.74, 6) is 3.37. The lowest BCUT2D eigenvalue weighted by molar-refractivity contribution is 0.379. The Balaban J connectivity index is 1.67. The molecule has 5 nitrogen and oxygen atoms in total. The molecule has 1 aromatic heterocycles. The van der Waals surface area contributed by atoms with Crippen LogP contribution in [0.15, 0.2) is 15.6 Å². The topological polar surface area (TPSA) is 62.5 Å². The number of hydrogen-bond donors (Lipinski definition) is 2. The molecule has 2 rings (SSSR count). The summed E-state index contributed by atoms with van der Waals surface area (Å²) < 4.78 is 5.78. The molecule has 1 aliphatic carbocycles. The highest BCUT2D eigenvalue weighted by molar-refractivity contribution is 5.79. The van der Waals surface area contributed by atoms with Crippen LogP contribution in [0.25, 0.3) is 0 Å². The summed E-state index contributed by atoms with van der Waals surface area (Å²) in [6, 6.07) is 0. The van der Waals surface area contributed by atoms with E-state index in [1.165, 1.54) is 38.5 Å². The number of aliphatic imine (C=N–C) groups is 1. The van der Waals surface area contributed by atoms with Gasteiger partial charge in [0.25, 0.3) is 0 Å². The van der Waals surface area contributed by atoms with E-state index >= 15 is 0 Å². The number of hydrogen-bond acceptors (Lipinski definition) is 3. The lowest BCUT2D eigenvalue weighted by Gasteiger charge is -2.14. The lowest BCUT2D eigenvalue weighted by atomic mass is 9.94. The maximum Gasteiger partial charge on any atom is 0.213 e. The van der Waals surface area contributed by atoms with Crippen molar-refractivity contribution in [2.24, 2.45) is 10.9 Å². The summed E-state index contributed by atoms with van der Waals surface area (Å²) in [5, 5.41) is 6.63. The zero-order chi connectivity index (χ0) is 16.7. The van der Waals surface area contributed by atoms with Crippen LogP contribution in [0.5, 0.6) is 0 Å². The molecule has 1 aromatic rings. The van der Waals surface area contributed by atoms with Gasteiger partial charge >= 0.3 is 0 Å². The molecule has 130 valence electrons. The molecule has 1 aliphatic rings. The van der Waals surface area contributed by atoms with Crippen LogP contribution >= 0.6 is 0 Å². The van der Waals surface area contributed by atoms with E-state index in [0.717, 1.165) is 24.2 Å². The van der Waals surface area contributed by atoms with Gasteiger partial charge in [-0.3, -0.25) is 4.99 Å². The van der Waals surface area contributed by atoms with Crippen molar-refractivity contribution in [1.29, 1.82) is 0 Å². The molecule has 5 heteroatoms. The van der Waals surface area contributed by atoms with Crippen LogP contribution < -0.4 is 10.6 Å². The minimum absolute atomic E-state index is 0.00852. The first-order valence-electron chi connectivity index (χ1n) is 8.88. The van der Waals surface area contributed by atoms with Gasteiger partial charge in [0.2, 0.25) is 5.89 Å². The fourth-order valence-corrected chi connectivity index (χ4v) is 3.02. The van der Waals surface area contributed by atoms with E-state index in [9.17, 15) is 0 Å². The Hall–Kier alpha value is -1.52. The molecule has 1 heterocycles. The number of oxazole rings is 1. The normalized spacial score (nSPS) is 16.8. The van der Waals surface area contributed by atoms with E-state index in [1.54, 1.807) is 7.05 Å². The van der Waals surface area contributed by atoms with Gasteiger partial charge in [0, 0.05) is 19.0 Å². The monoisotopic (exact) mass is 320 g/mol. The minimum atomic E-state index is -0.00852. The first-order chi connectivity index (χ1) is 11.0. The molecule has 0 saturated heterocycles. The van der Waals surface area contributed by atoms with Crippen LogP contribution in [0.2, 0.25) is 0 Å². The Morgan fingerprint density at radius 1 is 1.30 bits per heavy atom. The van der Waals surface area contributed by atoms with Crippen molar-refractivity contribution in [3.8, 4) is 0 Å². The third-order valence-corrected chi connectivity index (χ3v) is 4.48. The summed E-state index contributed by atoms with van der Waals surface area (Å²) >= 11 is 0. The van der Waals surface area contributed by atoms with Gasteiger partial charge in [-0.05, 0) is 18.8 Å². The number of rotatable bonds is 6. The van der Waals surface area contributed by atoms with Gasteiger partial charge < -0.3 is 15.1 Å². The van der Waals surface area contributed by atoms with E-state index in [1.807, 2.05) is 6.20 Å². The second-order valence-electron chi connectivity index (χ2n) is 7.51. The zero-order valence-corrected chi connectivity index (χ0v) is 15.1. The Morgan fingerprint density at radius 3 is 2.65 bits per heavy atom. The SMILES string of the molecule is CN=C(NCCCC1CCCC1)NCc1ncc(C(C)(C)C)o1. The Bertz CT molecular complexity index is 495. The van der Waals surface area contributed by atoms with Crippen molar-refractivity contribution in [2.75, 3.05) is 13.6 Å². The van der Waals surface area contributed by atoms with Crippen LogP contribution in [0.1, 0.15) is 70.9 Å². The smallest absolute Gasteiger partial charge is 0.213 e. The predicted molar refractivity (Wildman–Crippen MR) is 94.6 cm³/mol. The average Bonchev–Trinajstić information content (AvgIpc) is 3.17. The van der Waals surface area contributed by atoms with Crippen molar-refractivity contribution in [2.45, 2.75) is 71.3 Å². The molecule has 0 spiro atoms. The first kappa shape index (κ1) is 17.8. The zero-order valence-electron chi connectivity index (χ0n) is 15.1. The largest absolute Gasteiger partial charge is 0.443 e. The van der Waals surface area contributed by atoms with Crippen molar-refractivity contribution >= 4 is 5.96 Å². The van der Waals surface area contributed by atoms with E-state index < -0.39 is 0 Å². The molecule has 0 atom stereocenters. The fraction of sp³-hybridized carbons (Fsp3) is 0.778. The molecular formula is C18H32N4O. The highest BCUT2D eigenvalue weighted by Crippen LogP contribution is 2.28. The van der Waals surface area contributed by atoms with E-state index in [2.05, 4.69) is 41.4 Å². The summed E-state index contributed by atoms with van der Waals surface area (Å²) in [5.41, 5.74) is -0.00852. The lowest BCUT2D eigenvalue weighted by Crippen LogP contribution is -2.37. The summed E-state index contributed by atoms with van der Waals surface area (Å²) in [7, 11) is 1.79. The minimum Gasteiger partial charge on any atom is -0.443 e. The maximum atomic E-state index is 5.78. The molecule has 1 saturated carbocycles. The number of guanidine groups is 1. The third-order valence-electron chi connectivity index (χ3n) is 4.48. The maximum absolute atomic E-state index is 5.78. The van der Waals surface area contributed by atoms with Crippen LogP contribution in [0.4, 0.5) is 0 Å². The van der Waals surface area contributed by atoms with Gasteiger partial charge in [0.1, 0.15) is 5.76 Å². The molecule has 0 aliphatic heterocycles. The number of aromatic nitrogens is 1. The fourth-order valence-electron chi connectivity index (χ4n) is 3.02. The highest BCUT2D eigenvalue weighted by Gasteiger charge is 2.19. The Morgan fingerprint density at radius 2 is 2.04 bits per heavy atom. The van der Waals surface area contributed by atoms with Crippen LogP contribution in [0.3, 0.4) is 0 Å². The van der Waals surface area contributed by atoms with Crippen LogP contribution in [-0.2, 0) is 12.0 Å². The molecular weight excluding hydrogens is 288 g/mol. The second-order valence-corrected chi connectivity index (χ2v) is 7.51. The number of nitrogens with one attached hydrogen (secondary N) is 2. The highest BCUT2D eigenvalue weighted by atomic mass is 16.4. The van der Waals surface area contributed by atoms with Gasteiger partial charge in [-0.25, -0.2) is 4.98 Å². The molecule has 0 aromatic carbocycles. The average molecular weight is 320 g/mol. The summed E-state index contributed by atoms with van der Waals surface area (Å²) in [6.07, 6.45) is 10.1. The van der Waals surface area contributed by atoms with Crippen molar-refractivity contribution in [3.63, 3.8) is 0 Å². The molecule has 1 fully saturated rings. The van der Waals surface area contributed by atoms with Crippen molar-refractivity contribution in [3.05, 3.63) is 17.8 Å². The van der Waals surface area contributed by atoms with Gasteiger partial charge in [-0.15, -0.1) is 0 Å². The third kappa shape index (κ3) is 5.88. The Labute approximate surface area is 140 Å².